The molecule has 0 spiro atoms. The molecule has 37 heavy (non-hydrogen) atoms. The van der Waals surface area contributed by atoms with E-state index in [1.54, 1.807) is 48.5 Å². The zero-order valence-electron chi connectivity index (χ0n) is 21.7. The van der Waals surface area contributed by atoms with Crippen molar-refractivity contribution in [3.8, 4) is 0 Å². The van der Waals surface area contributed by atoms with Gasteiger partial charge in [-0.1, -0.05) is 43.9 Å². The van der Waals surface area contributed by atoms with Crippen molar-refractivity contribution in [2.75, 3.05) is 11.5 Å². The van der Waals surface area contributed by atoms with Crippen LogP contribution in [0.5, 0.6) is 0 Å². The zero-order chi connectivity index (χ0) is 26.5. The quantitative estimate of drug-likeness (QED) is 0.102. The van der Waals surface area contributed by atoms with E-state index in [0.29, 0.717) is 16.9 Å². The van der Waals surface area contributed by atoms with Crippen LogP contribution >= 0.6 is 0 Å². The van der Waals surface area contributed by atoms with Gasteiger partial charge in [0.25, 0.3) is 0 Å². The Morgan fingerprint density at radius 2 is 1.59 bits per heavy atom. The summed E-state index contributed by atoms with van der Waals surface area (Å²) in [5, 5.41) is 0. The number of hydrogen-bond acceptors (Lipinski definition) is 6. The molecule has 0 heterocycles. The molecule has 2 aromatic carbocycles. The molecule has 0 radical (unpaired) electrons. The molecule has 0 amide bonds. The maximum atomic E-state index is 12.6. The number of nitrogen functional groups attached to an aromatic ring is 2. The third-order valence-electron chi connectivity index (χ3n) is 6.81. The lowest BCUT2D eigenvalue weighted by molar-refractivity contribution is -0.138. The third kappa shape index (κ3) is 10.2. The van der Waals surface area contributed by atoms with E-state index in [-0.39, 0.29) is 18.7 Å². The highest BCUT2D eigenvalue weighted by molar-refractivity contribution is 5.90. The van der Waals surface area contributed by atoms with Gasteiger partial charge >= 0.3 is 11.9 Å². The van der Waals surface area contributed by atoms with Crippen LogP contribution < -0.4 is 11.5 Å². The lowest BCUT2D eigenvalue weighted by Gasteiger charge is -2.28. The second kappa shape index (κ2) is 14.9. The van der Waals surface area contributed by atoms with Gasteiger partial charge in [-0.2, -0.15) is 0 Å². The molecule has 4 N–H and O–H groups in total. The highest BCUT2D eigenvalue weighted by Crippen LogP contribution is 2.30. The van der Waals surface area contributed by atoms with Crippen molar-refractivity contribution in [1.82, 2.24) is 0 Å². The molecule has 6 nitrogen and oxygen atoms in total. The SMILES string of the molecule is C=CCCCCCCC1CCC(OC(=O)c2ccc(C=CC(=O)OCc3cc(N)cc(N)c3)cc2)CC1. The number of allylic oxidation sites excluding steroid dienone is 1. The highest BCUT2D eigenvalue weighted by atomic mass is 16.5. The standard InChI is InChI=1S/C31H40N2O4/c1-2-3-4-5-6-7-8-23-11-16-29(17-12-23)37-31(35)26-14-9-24(10-15-26)13-18-30(34)36-22-25-19-27(32)21-28(33)20-25/h2,9-10,13-15,18-21,23,29H,1,3-8,11-12,16-17,22,32-33H2. The lowest BCUT2D eigenvalue weighted by Crippen LogP contribution is -2.24. The number of unbranched alkanes of at least 4 members (excludes halogenated alkanes) is 4. The van der Waals surface area contributed by atoms with Crippen LogP contribution in [0.2, 0.25) is 0 Å². The monoisotopic (exact) mass is 504 g/mol. The molecule has 2 aromatic rings. The summed E-state index contributed by atoms with van der Waals surface area (Å²) in [5.41, 5.74) is 14.6. The van der Waals surface area contributed by atoms with Crippen LogP contribution in [0.25, 0.3) is 6.08 Å². The fraction of sp³-hybridized carbons (Fsp3) is 0.419. The van der Waals surface area contributed by atoms with Gasteiger partial charge in [0.1, 0.15) is 12.7 Å². The summed E-state index contributed by atoms with van der Waals surface area (Å²) in [6, 6.07) is 12.1. The van der Waals surface area contributed by atoms with Gasteiger partial charge in [-0.25, -0.2) is 9.59 Å². The Labute approximate surface area is 220 Å². The van der Waals surface area contributed by atoms with Crippen molar-refractivity contribution in [3.05, 3.63) is 77.9 Å². The Kier molecular flexibility index (Phi) is 11.3. The number of carbonyl (C=O) groups is 2. The normalized spacial score (nSPS) is 17.4. The Balaban J connectivity index is 1.36. The minimum atomic E-state index is -0.479. The zero-order valence-corrected chi connectivity index (χ0v) is 21.7. The summed E-state index contributed by atoms with van der Waals surface area (Å²) in [6.07, 6.45) is 16.7. The van der Waals surface area contributed by atoms with Crippen molar-refractivity contribution in [1.29, 1.82) is 0 Å². The van der Waals surface area contributed by atoms with Crippen LogP contribution in [0.4, 0.5) is 11.4 Å². The molecule has 198 valence electrons. The molecule has 0 atom stereocenters. The van der Waals surface area contributed by atoms with E-state index in [4.69, 9.17) is 20.9 Å². The Bertz CT molecular complexity index is 1030. The van der Waals surface area contributed by atoms with Gasteiger partial charge in [-0.3, -0.25) is 0 Å². The third-order valence-corrected chi connectivity index (χ3v) is 6.81. The van der Waals surface area contributed by atoms with Crippen LogP contribution in [0.3, 0.4) is 0 Å². The van der Waals surface area contributed by atoms with E-state index >= 15 is 0 Å². The number of benzene rings is 2. The summed E-state index contributed by atoms with van der Waals surface area (Å²) >= 11 is 0. The van der Waals surface area contributed by atoms with E-state index in [9.17, 15) is 9.59 Å². The molecule has 1 aliphatic rings. The number of rotatable bonds is 13. The van der Waals surface area contributed by atoms with Gasteiger partial charge in [0.2, 0.25) is 0 Å². The van der Waals surface area contributed by atoms with Crippen LogP contribution in [0.1, 0.15) is 85.7 Å². The predicted octanol–water partition coefficient (Wildman–Crippen LogP) is 6.85. The van der Waals surface area contributed by atoms with Crippen molar-refractivity contribution < 1.29 is 19.1 Å². The van der Waals surface area contributed by atoms with Crippen molar-refractivity contribution in [3.63, 3.8) is 0 Å². The van der Waals surface area contributed by atoms with Crippen molar-refractivity contribution in [2.24, 2.45) is 5.92 Å². The van der Waals surface area contributed by atoms with Crippen molar-refractivity contribution in [2.45, 2.75) is 76.9 Å². The molecule has 0 unspecified atom stereocenters. The maximum Gasteiger partial charge on any atom is 0.338 e. The van der Waals surface area contributed by atoms with Gasteiger partial charge in [0, 0.05) is 17.5 Å². The molecule has 1 aliphatic carbocycles. The van der Waals surface area contributed by atoms with E-state index in [1.807, 2.05) is 6.08 Å². The number of carbonyl (C=O) groups excluding carboxylic acids is 2. The molecule has 6 heteroatoms. The Morgan fingerprint density at radius 1 is 0.919 bits per heavy atom. The van der Waals surface area contributed by atoms with Gasteiger partial charge in [-0.05, 0) is 92.0 Å². The van der Waals surface area contributed by atoms with Crippen LogP contribution in [-0.2, 0) is 20.9 Å². The first-order valence-corrected chi connectivity index (χ1v) is 13.3. The summed E-state index contributed by atoms with van der Waals surface area (Å²) < 4.78 is 11.0. The summed E-state index contributed by atoms with van der Waals surface area (Å²) in [7, 11) is 0. The van der Waals surface area contributed by atoms with Crippen LogP contribution in [-0.4, -0.2) is 18.0 Å². The topological polar surface area (TPSA) is 105 Å². The molecule has 0 bridgehead atoms. The molecule has 1 saturated carbocycles. The summed E-state index contributed by atoms with van der Waals surface area (Å²) in [4.78, 5) is 24.6. The number of ether oxygens (including phenoxy) is 2. The molecule has 0 aliphatic heterocycles. The molecular weight excluding hydrogens is 464 g/mol. The molecule has 0 saturated heterocycles. The fourth-order valence-corrected chi connectivity index (χ4v) is 4.76. The first-order chi connectivity index (χ1) is 17.9. The van der Waals surface area contributed by atoms with E-state index in [2.05, 4.69) is 6.58 Å². The molecule has 0 aromatic heterocycles. The van der Waals surface area contributed by atoms with E-state index < -0.39 is 5.97 Å². The average Bonchev–Trinajstić information content (AvgIpc) is 2.89. The fourth-order valence-electron chi connectivity index (χ4n) is 4.76. The van der Waals surface area contributed by atoms with Crippen LogP contribution in [0, 0.1) is 5.92 Å². The molecular formula is C31H40N2O4. The average molecular weight is 505 g/mol. The minimum Gasteiger partial charge on any atom is -0.459 e. The van der Waals surface area contributed by atoms with Gasteiger partial charge in [0.15, 0.2) is 0 Å². The number of nitrogens with two attached hydrogens (primary N) is 2. The smallest absolute Gasteiger partial charge is 0.338 e. The second-order valence-corrected chi connectivity index (χ2v) is 9.90. The molecule has 3 rings (SSSR count). The summed E-state index contributed by atoms with van der Waals surface area (Å²) in [6.45, 7) is 3.86. The maximum absolute atomic E-state index is 12.6. The van der Waals surface area contributed by atoms with Crippen LogP contribution in [0.15, 0.2) is 61.2 Å². The largest absolute Gasteiger partial charge is 0.459 e. The first kappa shape index (κ1) is 28.0. The van der Waals surface area contributed by atoms with Gasteiger partial charge in [0.05, 0.1) is 5.56 Å². The first-order valence-electron chi connectivity index (χ1n) is 13.3. The van der Waals surface area contributed by atoms with Gasteiger partial charge < -0.3 is 20.9 Å². The highest BCUT2D eigenvalue weighted by Gasteiger charge is 2.24. The number of anilines is 2. The Morgan fingerprint density at radius 3 is 2.27 bits per heavy atom. The van der Waals surface area contributed by atoms with Crippen molar-refractivity contribution >= 4 is 29.4 Å². The number of esters is 2. The lowest BCUT2D eigenvalue weighted by atomic mass is 9.84. The second-order valence-electron chi connectivity index (χ2n) is 9.90. The predicted molar refractivity (Wildman–Crippen MR) is 150 cm³/mol. The number of hydrogen-bond donors (Lipinski definition) is 2. The minimum absolute atomic E-state index is 0.000925. The Hall–Kier alpha value is -3.54. The molecule has 1 fully saturated rings. The van der Waals surface area contributed by atoms with E-state index in [1.165, 1.54) is 38.2 Å². The van der Waals surface area contributed by atoms with E-state index in [0.717, 1.165) is 49.1 Å². The summed E-state index contributed by atoms with van der Waals surface area (Å²) in [5.74, 6) is -0.00845. The van der Waals surface area contributed by atoms with Gasteiger partial charge in [-0.15, -0.1) is 6.58 Å².